The Kier molecular flexibility index (Phi) is 10.8. The number of aryl methyl sites for hydroxylation is 1. The fraction of sp³-hybridized carbons (Fsp3) is 0.462. The minimum absolute atomic E-state index is 0.0225. The number of carboxylic acid groups (broad SMARTS) is 1. The predicted molar refractivity (Wildman–Crippen MR) is 187 cm³/mol. The Morgan fingerprint density at radius 3 is 2.15 bits per heavy atom. The molecule has 3 aromatic carbocycles. The number of aliphatic hydroxyl groups excluding tert-OH is 1. The summed E-state index contributed by atoms with van der Waals surface area (Å²) in [5.74, 6) is 0.383. The molecule has 3 aromatic rings. The minimum Gasteiger partial charge on any atom is -0.502 e. The van der Waals surface area contributed by atoms with Crippen molar-refractivity contribution in [3.63, 3.8) is 0 Å². The van der Waals surface area contributed by atoms with Crippen LogP contribution >= 0.6 is 12.2 Å². The molecule has 1 aliphatic heterocycles. The van der Waals surface area contributed by atoms with Crippen molar-refractivity contribution in [2.24, 2.45) is 17.8 Å². The van der Waals surface area contributed by atoms with Crippen LogP contribution in [0.1, 0.15) is 107 Å². The molecule has 5 rings (SSSR count). The number of carboxylic acids is 1. The molecule has 2 atom stereocenters. The van der Waals surface area contributed by atoms with E-state index in [-0.39, 0.29) is 41.1 Å². The van der Waals surface area contributed by atoms with Gasteiger partial charge in [-0.05, 0) is 78.1 Å². The summed E-state index contributed by atoms with van der Waals surface area (Å²) >= 11 is 5.19. The van der Waals surface area contributed by atoms with Crippen LogP contribution in [-0.4, -0.2) is 27.1 Å². The maximum atomic E-state index is 13.8. The molecule has 46 heavy (non-hydrogen) atoms. The summed E-state index contributed by atoms with van der Waals surface area (Å²) in [5.41, 5.74) is 4.73. The summed E-state index contributed by atoms with van der Waals surface area (Å²) in [6, 6.07) is 22.1. The van der Waals surface area contributed by atoms with Crippen LogP contribution in [-0.2, 0) is 21.4 Å². The number of rotatable bonds is 12. The number of para-hydroxylation sites is 2. The second-order valence-electron chi connectivity index (χ2n) is 14.2. The number of carbonyl (C=O) groups is 2. The number of amides is 1. The lowest BCUT2D eigenvalue weighted by Crippen LogP contribution is -2.28. The van der Waals surface area contributed by atoms with Gasteiger partial charge in [0.15, 0.2) is 5.05 Å². The summed E-state index contributed by atoms with van der Waals surface area (Å²) in [6.07, 6.45) is 8.35. The molecule has 7 heteroatoms. The van der Waals surface area contributed by atoms with Gasteiger partial charge in [-0.1, -0.05) is 101 Å². The molecule has 1 heterocycles. The Bertz CT molecular complexity index is 1510. The Hall–Kier alpha value is -3.71. The molecule has 0 saturated heterocycles. The SMILES string of the molecule is CC(C)(C)c1ccc(CCC(CC2CCCCC2)C(CC(=O)O)C(O)=S)cc1NC(=O)CC1c2ccccc2Oc2ccccc21. The van der Waals surface area contributed by atoms with Crippen LogP contribution < -0.4 is 10.1 Å². The smallest absolute Gasteiger partial charge is 0.304 e. The first-order chi connectivity index (χ1) is 22.0. The molecule has 2 aliphatic rings. The maximum absolute atomic E-state index is 13.8. The normalized spacial score (nSPS) is 16.4. The van der Waals surface area contributed by atoms with Crippen molar-refractivity contribution < 1.29 is 24.5 Å². The number of benzene rings is 3. The molecule has 244 valence electrons. The van der Waals surface area contributed by atoms with E-state index in [1.54, 1.807) is 0 Å². The zero-order valence-electron chi connectivity index (χ0n) is 27.3. The number of ether oxygens (including phenoxy) is 1. The highest BCUT2D eigenvalue weighted by atomic mass is 32.1. The number of hydrogen-bond acceptors (Lipinski definition) is 4. The average Bonchev–Trinajstić information content (AvgIpc) is 3.01. The summed E-state index contributed by atoms with van der Waals surface area (Å²) in [4.78, 5) is 25.5. The van der Waals surface area contributed by atoms with Gasteiger partial charge >= 0.3 is 5.97 Å². The van der Waals surface area contributed by atoms with Crippen molar-refractivity contribution in [1.29, 1.82) is 0 Å². The van der Waals surface area contributed by atoms with Crippen molar-refractivity contribution in [2.45, 2.75) is 96.3 Å². The van der Waals surface area contributed by atoms with Crippen LogP contribution in [0.25, 0.3) is 0 Å². The molecule has 2 unspecified atom stereocenters. The second kappa shape index (κ2) is 14.8. The molecule has 0 spiro atoms. The zero-order valence-corrected chi connectivity index (χ0v) is 28.1. The number of aliphatic hydroxyl groups is 1. The van der Waals surface area contributed by atoms with E-state index in [9.17, 15) is 19.8 Å². The average molecular weight is 642 g/mol. The van der Waals surface area contributed by atoms with E-state index in [2.05, 4.69) is 44.3 Å². The quantitative estimate of drug-likeness (QED) is 0.170. The monoisotopic (exact) mass is 641 g/mol. The van der Waals surface area contributed by atoms with E-state index in [1.807, 2.05) is 48.5 Å². The first-order valence-electron chi connectivity index (χ1n) is 16.7. The summed E-state index contributed by atoms with van der Waals surface area (Å²) in [6.45, 7) is 6.42. The van der Waals surface area contributed by atoms with Gasteiger partial charge in [-0.2, -0.15) is 0 Å². The van der Waals surface area contributed by atoms with Crippen LogP contribution in [0.15, 0.2) is 66.7 Å². The van der Waals surface area contributed by atoms with Crippen molar-refractivity contribution in [1.82, 2.24) is 0 Å². The zero-order chi connectivity index (χ0) is 32.8. The van der Waals surface area contributed by atoms with E-state index in [4.69, 9.17) is 17.0 Å². The van der Waals surface area contributed by atoms with Crippen LogP contribution in [0.2, 0.25) is 0 Å². The lowest BCUT2D eigenvalue weighted by molar-refractivity contribution is -0.138. The highest BCUT2D eigenvalue weighted by Crippen LogP contribution is 2.45. The van der Waals surface area contributed by atoms with E-state index >= 15 is 0 Å². The van der Waals surface area contributed by atoms with Gasteiger partial charge in [0.25, 0.3) is 0 Å². The summed E-state index contributed by atoms with van der Waals surface area (Å²) in [5, 5.41) is 23.1. The first kappa shape index (κ1) is 33.6. The fourth-order valence-corrected chi connectivity index (χ4v) is 7.73. The molecular weight excluding hydrogens is 594 g/mol. The van der Waals surface area contributed by atoms with E-state index < -0.39 is 11.9 Å². The van der Waals surface area contributed by atoms with Crippen LogP contribution in [0.5, 0.6) is 11.5 Å². The third-order valence-corrected chi connectivity index (χ3v) is 10.1. The summed E-state index contributed by atoms with van der Waals surface area (Å²) < 4.78 is 6.15. The molecule has 0 aromatic heterocycles. The highest BCUT2D eigenvalue weighted by Gasteiger charge is 2.32. The van der Waals surface area contributed by atoms with Crippen LogP contribution in [0, 0.1) is 17.8 Å². The highest BCUT2D eigenvalue weighted by molar-refractivity contribution is 7.80. The Balaban J connectivity index is 1.36. The van der Waals surface area contributed by atoms with Crippen molar-refractivity contribution in [3.8, 4) is 11.5 Å². The van der Waals surface area contributed by atoms with Crippen molar-refractivity contribution in [2.75, 3.05) is 5.32 Å². The predicted octanol–water partition coefficient (Wildman–Crippen LogP) is 9.75. The molecule has 6 nitrogen and oxygen atoms in total. The Labute approximate surface area is 278 Å². The van der Waals surface area contributed by atoms with Gasteiger partial charge in [0.2, 0.25) is 5.91 Å². The van der Waals surface area contributed by atoms with Gasteiger partial charge in [-0.3, -0.25) is 9.59 Å². The van der Waals surface area contributed by atoms with Crippen molar-refractivity contribution in [3.05, 3.63) is 89.0 Å². The summed E-state index contributed by atoms with van der Waals surface area (Å²) in [7, 11) is 0. The number of thiocarbonyl (C=S) groups is 1. The van der Waals surface area contributed by atoms with Gasteiger partial charge in [-0.15, -0.1) is 0 Å². The molecule has 1 aliphatic carbocycles. The topological polar surface area (TPSA) is 95.9 Å². The molecular formula is C39H47NO5S. The van der Waals surface area contributed by atoms with Gasteiger partial charge in [0.1, 0.15) is 11.5 Å². The standard InChI is InChI=1S/C39H47NO5S/c1-39(2,3)32-20-18-26(17-19-27(21-25-11-5-4-6-12-25)30(38(44)46)24-37(42)43)22-33(32)40-36(41)23-31-28-13-7-9-15-34(28)45-35-16-10-8-14-29(31)35/h7-10,13-16,18,20,22,25,27,30-31H,4-6,11-12,17,19,21,23-24H2,1-3H3,(H,40,41)(H,42,43)(H,44,46). The molecule has 0 radical (unpaired) electrons. The van der Waals surface area contributed by atoms with E-state index in [0.29, 0.717) is 18.8 Å². The van der Waals surface area contributed by atoms with Gasteiger partial charge < -0.3 is 20.3 Å². The fourth-order valence-electron chi connectivity index (χ4n) is 7.45. The van der Waals surface area contributed by atoms with Gasteiger partial charge in [-0.25, -0.2) is 0 Å². The number of anilines is 1. The largest absolute Gasteiger partial charge is 0.502 e. The number of aliphatic carboxylic acids is 1. The first-order valence-corrected chi connectivity index (χ1v) is 17.1. The molecule has 1 fully saturated rings. The van der Waals surface area contributed by atoms with Gasteiger partial charge in [0, 0.05) is 35.1 Å². The van der Waals surface area contributed by atoms with Crippen LogP contribution in [0.4, 0.5) is 5.69 Å². The molecule has 0 bridgehead atoms. The minimum atomic E-state index is -0.940. The number of nitrogens with one attached hydrogen (secondary N) is 1. The number of hydrogen-bond donors (Lipinski definition) is 3. The van der Waals surface area contributed by atoms with Crippen molar-refractivity contribution >= 4 is 34.8 Å². The second-order valence-corrected chi connectivity index (χ2v) is 14.6. The maximum Gasteiger partial charge on any atom is 0.304 e. The third-order valence-electron chi connectivity index (χ3n) is 9.81. The molecule has 1 saturated carbocycles. The van der Waals surface area contributed by atoms with E-state index in [0.717, 1.165) is 58.7 Å². The number of carbonyl (C=O) groups excluding carboxylic acids is 1. The molecule has 1 amide bonds. The van der Waals surface area contributed by atoms with E-state index in [1.165, 1.54) is 19.3 Å². The third kappa shape index (κ3) is 8.35. The lowest BCUT2D eigenvalue weighted by Gasteiger charge is -2.31. The Morgan fingerprint density at radius 2 is 1.57 bits per heavy atom. The lowest BCUT2D eigenvalue weighted by atomic mass is 9.75. The van der Waals surface area contributed by atoms with Gasteiger partial charge in [0.05, 0.1) is 6.42 Å². The van der Waals surface area contributed by atoms with Crippen LogP contribution in [0.3, 0.4) is 0 Å². The number of fused-ring (bicyclic) bond motifs is 2. The Morgan fingerprint density at radius 1 is 0.935 bits per heavy atom. The molecule has 3 N–H and O–H groups in total.